The van der Waals surface area contributed by atoms with Gasteiger partial charge in [-0.25, -0.2) is 14.6 Å². The van der Waals surface area contributed by atoms with E-state index in [1.807, 2.05) is 0 Å². The van der Waals surface area contributed by atoms with Crippen molar-refractivity contribution >= 4 is 40.4 Å². The summed E-state index contributed by atoms with van der Waals surface area (Å²) in [6, 6.07) is 11.5. The van der Waals surface area contributed by atoms with E-state index in [9.17, 15) is 29.1 Å². The van der Waals surface area contributed by atoms with Gasteiger partial charge in [-0.1, -0.05) is 23.9 Å². The molecule has 0 aliphatic carbocycles. The molecule has 2 heterocycles. The van der Waals surface area contributed by atoms with Crippen LogP contribution in [-0.2, 0) is 14.3 Å². The van der Waals surface area contributed by atoms with Gasteiger partial charge in [0.25, 0.3) is 5.56 Å². The summed E-state index contributed by atoms with van der Waals surface area (Å²) in [7, 11) is 1.49. The summed E-state index contributed by atoms with van der Waals surface area (Å²) in [6.45, 7) is 1.94. The lowest BCUT2D eigenvalue weighted by Gasteiger charge is -2.15. The molecule has 3 aromatic rings. The number of nitrogens with zero attached hydrogens (tertiary/aromatic N) is 1. The Morgan fingerprint density at radius 3 is 2.40 bits per heavy atom. The molecule has 0 radical (unpaired) electrons. The molecule has 1 aliphatic rings. The number of hydrogen-bond donors (Lipinski definition) is 5. The Morgan fingerprint density at radius 2 is 1.77 bits per heavy atom. The molecule has 1 saturated heterocycles. The number of thioether (sulfide) groups is 1. The average molecular weight is 568 g/mol. The van der Waals surface area contributed by atoms with Crippen LogP contribution in [0.1, 0.15) is 40.9 Å². The number of amides is 2. The predicted octanol–water partition coefficient (Wildman–Crippen LogP) is 1.66. The Balaban J connectivity index is 1.52. The molecule has 13 nitrogen and oxygen atoms in total. The predicted molar refractivity (Wildman–Crippen MR) is 147 cm³/mol. The minimum Gasteiger partial charge on any atom is -0.497 e. The highest BCUT2D eigenvalue weighted by Gasteiger charge is 2.34. The van der Waals surface area contributed by atoms with Crippen molar-refractivity contribution in [3.8, 4) is 11.6 Å². The van der Waals surface area contributed by atoms with Gasteiger partial charge in [0.1, 0.15) is 22.6 Å². The van der Waals surface area contributed by atoms with Gasteiger partial charge < -0.3 is 25.2 Å². The fraction of sp³-hybridized carbons (Fsp3) is 0.231. The molecule has 0 saturated carbocycles. The number of aromatic hydroxyl groups is 1. The molecule has 2 amide bonds. The number of amidine groups is 1. The fourth-order valence-corrected chi connectivity index (χ4v) is 4.83. The second kappa shape index (κ2) is 12.3. The first kappa shape index (κ1) is 28.2. The van der Waals surface area contributed by atoms with Crippen LogP contribution in [0.5, 0.6) is 11.6 Å². The van der Waals surface area contributed by atoms with E-state index in [0.717, 1.165) is 11.8 Å². The molecule has 208 valence electrons. The molecular weight excluding hydrogens is 542 g/mol. The number of H-pyrrole nitrogens is 2. The van der Waals surface area contributed by atoms with Gasteiger partial charge in [-0.2, -0.15) is 0 Å². The van der Waals surface area contributed by atoms with E-state index in [0.29, 0.717) is 22.6 Å². The molecule has 1 fully saturated rings. The van der Waals surface area contributed by atoms with Gasteiger partial charge in [-0.3, -0.25) is 24.4 Å². The molecule has 14 heteroatoms. The SMILES string of the molecule is CCOC(=O)c1ccc(NC(=O)C[C@@H]2SC(=N[C@H](c3ccc(OC)cc3)c3c(O)[nH]c(=O)[nH]c3=O)NC2=O)cc1. The number of aromatic nitrogens is 2. The van der Waals surface area contributed by atoms with Crippen LogP contribution in [0, 0.1) is 0 Å². The number of rotatable bonds is 9. The maximum absolute atomic E-state index is 12.6. The van der Waals surface area contributed by atoms with Crippen molar-refractivity contribution in [2.45, 2.75) is 24.6 Å². The van der Waals surface area contributed by atoms with E-state index in [-0.39, 0.29) is 23.8 Å². The number of anilines is 1. The van der Waals surface area contributed by atoms with E-state index < -0.39 is 46.2 Å². The van der Waals surface area contributed by atoms with E-state index in [2.05, 4.69) is 25.6 Å². The molecule has 0 spiro atoms. The second-order valence-corrected chi connectivity index (χ2v) is 9.62. The number of carbonyl (C=O) groups excluding carboxylic acids is 3. The van der Waals surface area contributed by atoms with E-state index in [1.165, 1.54) is 19.2 Å². The second-order valence-electron chi connectivity index (χ2n) is 8.43. The Morgan fingerprint density at radius 1 is 1.07 bits per heavy atom. The summed E-state index contributed by atoms with van der Waals surface area (Å²) in [5, 5.41) is 14.9. The molecule has 5 N–H and O–H groups in total. The topological polar surface area (TPSA) is 192 Å². The number of benzene rings is 2. The van der Waals surface area contributed by atoms with Crippen molar-refractivity contribution in [2.24, 2.45) is 4.99 Å². The Labute approximate surface area is 231 Å². The van der Waals surface area contributed by atoms with Gasteiger partial charge in [-0.05, 0) is 48.9 Å². The van der Waals surface area contributed by atoms with Gasteiger partial charge >= 0.3 is 11.7 Å². The molecule has 2 aromatic carbocycles. The molecule has 0 unspecified atom stereocenters. The van der Waals surface area contributed by atoms with E-state index >= 15 is 0 Å². The highest BCUT2D eigenvalue weighted by atomic mass is 32.2. The first-order valence-corrected chi connectivity index (χ1v) is 12.9. The smallest absolute Gasteiger partial charge is 0.338 e. The third kappa shape index (κ3) is 6.58. The third-order valence-electron chi connectivity index (χ3n) is 5.74. The summed E-state index contributed by atoms with van der Waals surface area (Å²) in [4.78, 5) is 70.0. The van der Waals surface area contributed by atoms with Crippen LogP contribution in [0.2, 0.25) is 0 Å². The van der Waals surface area contributed by atoms with Gasteiger partial charge in [0.2, 0.25) is 17.7 Å². The van der Waals surface area contributed by atoms with Crippen LogP contribution in [0.3, 0.4) is 0 Å². The number of aliphatic imine (C=N–C) groups is 1. The quantitative estimate of drug-likeness (QED) is 0.239. The van der Waals surface area contributed by atoms with E-state index in [1.54, 1.807) is 43.3 Å². The third-order valence-corrected chi connectivity index (χ3v) is 6.83. The van der Waals surface area contributed by atoms with Crippen molar-refractivity contribution in [1.29, 1.82) is 0 Å². The molecule has 1 aliphatic heterocycles. The van der Waals surface area contributed by atoms with Crippen LogP contribution in [0.25, 0.3) is 0 Å². The van der Waals surface area contributed by atoms with Gasteiger partial charge in [0, 0.05) is 12.1 Å². The monoisotopic (exact) mass is 567 g/mol. The number of ether oxygens (including phenoxy) is 2. The van der Waals surface area contributed by atoms with Gasteiger partial charge in [0.05, 0.1) is 19.3 Å². The standard InChI is InChI=1S/C26H25N5O8S/c1-3-39-24(36)14-4-8-15(9-5-14)27-18(32)12-17-21(33)31-26(40-17)28-20(13-6-10-16(38-2)11-7-13)19-22(34)29-25(37)30-23(19)35/h4-11,17,20H,3,12H2,1-2H3,(H,27,32)(H,28,31,33)(H3,29,30,34,35,37)/t17-,20+/m0/s1. The zero-order valence-corrected chi connectivity index (χ0v) is 22.2. The maximum atomic E-state index is 12.6. The van der Waals surface area contributed by atoms with Crippen molar-refractivity contribution in [2.75, 3.05) is 19.0 Å². The molecule has 0 bridgehead atoms. The Bertz CT molecular complexity index is 1560. The summed E-state index contributed by atoms with van der Waals surface area (Å²) in [5.74, 6) is -1.52. The highest BCUT2D eigenvalue weighted by molar-refractivity contribution is 8.15. The number of nitrogens with one attached hydrogen (secondary N) is 4. The van der Waals surface area contributed by atoms with E-state index in [4.69, 9.17) is 9.47 Å². The largest absolute Gasteiger partial charge is 0.497 e. The lowest BCUT2D eigenvalue weighted by atomic mass is 10.0. The number of methoxy groups -OCH3 is 1. The summed E-state index contributed by atoms with van der Waals surface area (Å²) >= 11 is 0.986. The first-order chi connectivity index (χ1) is 19.2. The number of esters is 1. The van der Waals surface area contributed by atoms with Gasteiger partial charge in [0.15, 0.2) is 5.17 Å². The molecule has 4 rings (SSSR count). The number of aromatic amines is 2. The highest BCUT2D eigenvalue weighted by Crippen LogP contribution is 2.32. The Hall–Kier alpha value is -4.85. The van der Waals surface area contributed by atoms with Crippen LogP contribution < -0.4 is 26.6 Å². The molecule has 1 aromatic heterocycles. The minimum atomic E-state index is -1.11. The zero-order chi connectivity index (χ0) is 28.8. The van der Waals surface area contributed by atoms with Crippen LogP contribution in [0.4, 0.5) is 5.69 Å². The van der Waals surface area contributed by atoms with Crippen molar-refractivity contribution in [3.63, 3.8) is 0 Å². The summed E-state index contributed by atoms with van der Waals surface area (Å²) in [6.07, 6.45) is -0.188. The number of hydrogen-bond acceptors (Lipinski definition) is 10. The van der Waals surface area contributed by atoms with Crippen LogP contribution >= 0.6 is 11.8 Å². The van der Waals surface area contributed by atoms with Crippen LogP contribution in [-0.4, -0.2) is 57.0 Å². The lowest BCUT2D eigenvalue weighted by Crippen LogP contribution is -2.29. The molecular formula is C26H25N5O8S. The lowest BCUT2D eigenvalue weighted by molar-refractivity contribution is -0.122. The van der Waals surface area contributed by atoms with Crippen molar-refractivity contribution in [3.05, 3.63) is 86.1 Å². The van der Waals surface area contributed by atoms with Crippen LogP contribution in [0.15, 0.2) is 63.1 Å². The molecule has 2 atom stereocenters. The summed E-state index contributed by atoms with van der Waals surface area (Å²) in [5.41, 5.74) is -0.751. The normalized spacial score (nSPS) is 16.3. The van der Waals surface area contributed by atoms with Crippen molar-refractivity contribution in [1.82, 2.24) is 15.3 Å². The number of carbonyl (C=O) groups is 3. The summed E-state index contributed by atoms with van der Waals surface area (Å²) < 4.78 is 10.1. The minimum absolute atomic E-state index is 0.118. The molecule has 40 heavy (non-hydrogen) atoms. The zero-order valence-electron chi connectivity index (χ0n) is 21.3. The average Bonchev–Trinajstić information content (AvgIpc) is 3.26. The fourth-order valence-electron chi connectivity index (χ4n) is 3.83. The first-order valence-electron chi connectivity index (χ1n) is 12.0. The maximum Gasteiger partial charge on any atom is 0.338 e. The van der Waals surface area contributed by atoms with Crippen molar-refractivity contribution < 1.29 is 29.0 Å². The Kier molecular flexibility index (Phi) is 8.69. The van der Waals surface area contributed by atoms with Gasteiger partial charge in [-0.15, -0.1) is 0 Å².